The number of fused-ring (bicyclic) bond motifs is 2. The lowest BCUT2D eigenvalue weighted by Gasteiger charge is -2.34. The Morgan fingerprint density at radius 3 is 2.21 bits per heavy atom. The fourth-order valence-electron chi connectivity index (χ4n) is 4.67. The first-order valence-electron chi connectivity index (χ1n) is 10.5. The van der Waals surface area contributed by atoms with Crippen LogP contribution in [-0.4, -0.2) is 41.5 Å². The number of nitrogens with zero attached hydrogens (tertiary/aromatic N) is 2. The number of benzene rings is 2. The van der Waals surface area contributed by atoms with Gasteiger partial charge in [-0.3, -0.25) is 19.4 Å². The minimum absolute atomic E-state index is 0.0886. The molecule has 0 spiro atoms. The molecule has 2 aromatic carbocycles. The van der Waals surface area contributed by atoms with E-state index in [-0.39, 0.29) is 12.3 Å². The number of amides is 1. The number of hydrogen-bond acceptors (Lipinski definition) is 3. The van der Waals surface area contributed by atoms with Gasteiger partial charge in [0.2, 0.25) is 5.91 Å². The number of aliphatic carboxylic acids is 1. The van der Waals surface area contributed by atoms with Crippen LogP contribution in [0.1, 0.15) is 36.8 Å². The van der Waals surface area contributed by atoms with Crippen LogP contribution in [0.2, 0.25) is 0 Å². The van der Waals surface area contributed by atoms with E-state index in [1.54, 1.807) is 0 Å². The number of hydrogen-bond donors (Lipinski definition) is 1. The minimum atomic E-state index is -0.740. The number of carbonyl (C=O) groups is 2. The first kappa shape index (κ1) is 19.6. The molecule has 5 nitrogen and oxygen atoms in total. The summed E-state index contributed by atoms with van der Waals surface area (Å²) in [4.78, 5) is 28.5. The van der Waals surface area contributed by atoms with Crippen LogP contribution in [-0.2, 0) is 22.4 Å². The van der Waals surface area contributed by atoms with Gasteiger partial charge in [-0.25, -0.2) is 0 Å². The Hall–Kier alpha value is -2.66. The summed E-state index contributed by atoms with van der Waals surface area (Å²) in [6.45, 7) is 2.06. The van der Waals surface area contributed by atoms with Crippen LogP contribution in [0, 0.1) is 5.92 Å². The molecule has 1 fully saturated rings. The maximum atomic E-state index is 13.5. The summed E-state index contributed by atoms with van der Waals surface area (Å²) >= 11 is 0. The summed E-state index contributed by atoms with van der Waals surface area (Å²) in [5, 5.41) is 8.96. The number of anilines is 2. The number of carboxylic acid groups (broad SMARTS) is 1. The summed E-state index contributed by atoms with van der Waals surface area (Å²) in [6, 6.07) is 16.4. The standard InChI is InChI=1S/C24H28N2O3/c27-23(17-25-15-5-6-18(16-25)11-14-24(28)29)26-21-9-3-1-7-19(21)12-13-20-8-2-4-10-22(20)26/h1-4,7-10,18H,5-6,11-17H2,(H,28,29). The lowest BCUT2D eigenvalue weighted by molar-refractivity contribution is -0.137. The van der Waals surface area contributed by atoms with E-state index in [9.17, 15) is 9.59 Å². The third kappa shape index (κ3) is 4.51. The van der Waals surface area contributed by atoms with Crippen LogP contribution >= 0.6 is 0 Å². The van der Waals surface area contributed by atoms with Crippen LogP contribution < -0.4 is 4.90 Å². The van der Waals surface area contributed by atoms with Crippen LogP contribution in [0.3, 0.4) is 0 Å². The highest BCUT2D eigenvalue weighted by atomic mass is 16.4. The maximum absolute atomic E-state index is 13.5. The van der Waals surface area contributed by atoms with Crippen LogP contribution in [0.5, 0.6) is 0 Å². The molecule has 1 amide bonds. The molecule has 152 valence electrons. The molecule has 4 rings (SSSR count). The second-order valence-corrected chi connectivity index (χ2v) is 8.16. The van der Waals surface area contributed by atoms with Crippen molar-refractivity contribution in [1.82, 2.24) is 4.90 Å². The van der Waals surface area contributed by atoms with Crippen molar-refractivity contribution in [3.8, 4) is 0 Å². The fourth-order valence-corrected chi connectivity index (χ4v) is 4.67. The molecule has 2 heterocycles. The Bertz CT molecular complexity index is 848. The van der Waals surface area contributed by atoms with Crippen molar-refractivity contribution >= 4 is 23.3 Å². The summed E-state index contributed by atoms with van der Waals surface area (Å²) in [5.74, 6) is -0.293. The molecule has 2 aromatic rings. The zero-order valence-electron chi connectivity index (χ0n) is 16.7. The Morgan fingerprint density at radius 2 is 1.59 bits per heavy atom. The van der Waals surface area contributed by atoms with Gasteiger partial charge in [-0.1, -0.05) is 36.4 Å². The van der Waals surface area contributed by atoms with E-state index in [0.717, 1.165) is 50.1 Å². The number of likely N-dealkylation sites (tertiary alicyclic amines) is 1. The summed E-state index contributed by atoms with van der Waals surface area (Å²) < 4.78 is 0. The van der Waals surface area contributed by atoms with Gasteiger partial charge in [0.05, 0.1) is 17.9 Å². The molecule has 1 atom stereocenters. The van der Waals surface area contributed by atoms with Gasteiger partial charge in [0, 0.05) is 13.0 Å². The largest absolute Gasteiger partial charge is 0.481 e. The van der Waals surface area contributed by atoms with E-state index in [1.807, 2.05) is 41.3 Å². The number of carboxylic acids is 1. The molecule has 1 N–H and O–H groups in total. The minimum Gasteiger partial charge on any atom is -0.481 e. The Kier molecular flexibility index (Phi) is 5.95. The summed E-state index contributed by atoms with van der Waals surface area (Å²) in [5.41, 5.74) is 4.38. The van der Waals surface area contributed by atoms with E-state index in [0.29, 0.717) is 18.9 Å². The zero-order valence-corrected chi connectivity index (χ0v) is 16.7. The lowest BCUT2D eigenvalue weighted by atomic mass is 9.93. The molecular weight excluding hydrogens is 364 g/mol. The van der Waals surface area contributed by atoms with Gasteiger partial charge in [-0.2, -0.15) is 0 Å². The number of carbonyl (C=O) groups excluding carboxylic acids is 1. The van der Waals surface area contributed by atoms with Crippen molar-refractivity contribution in [3.05, 3.63) is 59.7 Å². The van der Waals surface area contributed by atoms with Gasteiger partial charge >= 0.3 is 5.97 Å². The van der Waals surface area contributed by atoms with Gasteiger partial charge in [0.15, 0.2) is 0 Å². The van der Waals surface area contributed by atoms with Crippen LogP contribution in [0.4, 0.5) is 11.4 Å². The molecule has 0 saturated carbocycles. The topological polar surface area (TPSA) is 60.9 Å². The highest BCUT2D eigenvalue weighted by molar-refractivity contribution is 6.03. The maximum Gasteiger partial charge on any atom is 0.303 e. The zero-order chi connectivity index (χ0) is 20.2. The average molecular weight is 392 g/mol. The van der Waals surface area contributed by atoms with Crippen molar-refractivity contribution in [1.29, 1.82) is 0 Å². The highest BCUT2D eigenvalue weighted by Gasteiger charge is 2.28. The number of rotatable bonds is 5. The molecule has 1 saturated heterocycles. The van der Waals surface area contributed by atoms with Crippen molar-refractivity contribution in [3.63, 3.8) is 0 Å². The summed E-state index contributed by atoms with van der Waals surface area (Å²) in [6.07, 6.45) is 4.82. The average Bonchev–Trinajstić information content (AvgIpc) is 2.89. The van der Waals surface area contributed by atoms with Crippen molar-refractivity contribution in [2.24, 2.45) is 5.92 Å². The molecule has 5 heteroatoms. The third-order valence-corrected chi connectivity index (χ3v) is 6.11. The number of para-hydroxylation sites is 2. The molecule has 29 heavy (non-hydrogen) atoms. The van der Waals surface area contributed by atoms with Crippen molar-refractivity contribution < 1.29 is 14.7 Å². The number of piperidine rings is 1. The monoisotopic (exact) mass is 392 g/mol. The van der Waals surface area contributed by atoms with Crippen molar-refractivity contribution in [2.75, 3.05) is 24.5 Å². The molecule has 2 aliphatic heterocycles. The highest BCUT2D eigenvalue weighted by Crippen LogP contribution is 2.36. The van der Waals surface area contributed by atoms with Gasteiger partial charge in [-0.15, -0.1) is 0 Å². The van der Waals surface area contributed by atoms with Crippen molar-refractivity contribution in [2.45, 2.75) is 38.5 Å². The smallest absolute Gasteiger partial charge is 0.303 e. The second kappa shape index (κ2) is 8.78. The lowest BCUT2D eigenvalue weighted by Crippen LogP contribution is -2.43. The third-order valence-electron chi connectivity index (χ3n) is 6.11. The molecule has 0 aromatic heterocycles. The quantitative estimate of drug-likeness (QED) is 0.835. The van der Waals surface area contributed by atoms with Crippen LogP contribution in [0.15, 0.2) is 48.5 Å². The Labute approximate surface area is 171 Å². The molecule has 1 unspecified atom stereocenters. The SMILES string of the molecule is O=C(O)CCC1CCCN(CC(=O)N2c3ccccc3CCc3ccccc32)C1. The number of aryl methyl sites for hydroxylation is 2. The van der Waals surface area contributed by atoms with E-state index in [1.165, 1.54) is 11.1 Å². The normalized spacial score (nSPS) is 19.2. The van der Waals surface area contributed by atoms with E-state index in [4.69, 9.17) is 5.11 Å². The predicted molar refractivity (Wildman–Crippen MR) is 113 cm³/mol. The molecule has 0 aliphatic carbocycles. The Balaban J connectivity index is 1.54. The molecule has 0 bridgehead atoms. The van der Waals surface area contributed by atoms with E-state index < -0.39 is 5.97 Å². The molecule has 0 radical (unpaired) electrons. The Morgan fingerprint density at radius 1 is 0.966 bits per heavy atom. The van der Waals surface area contributed by atoms with E-state index >= 15 is 0 Å². The van der Waals surface area contributed by atoms with Gasteiger partial charge < -0.3 is 5.11 Å². The predicted octanol–water partition coefficient (Wildman–Crippen LogP) is 4.03. The van der Waals surface area contributed by atoms with Gasteiger partial charge in [0.1, 0.15) is 0 Å². The second-order valence-electron chi connectivity index (χ2n) is 8.16. The summed E-state index contributed by atoms with van der Waals surface area (Å²) in [7, 11) is 0. The first-order valence-corrected chi connectivity index (χ1v) is 10.5. The van der Waals surface area contributed by atoms with Crippen LogP contribution in [0.25, 0.3) is 0 Å². The molecular formula is C24H28N2O3. The first-order chi connectivity index (χ1) is 14.1. The fraction of sp³-hybridized carbons (Fsp3) is 0.417. The van der Waals surface area contributed by atoms with E-state index in [2.05, 4.69) is 17.0 Å². The molecule has 2 aliphatic rings. The van der Waals surface area contributed by atoms with Gasteiger partial charge in [0.25, 0.3) is 0 Å². The van der Waals surface area contributed by atoms with Gasteiger partial charge in [-0.05, 0) is 67.8 Å².